The van der Waals surface area contributed by atoms with E-state index in [1.165, 1.54) is 6.42 Å². The molecule has 7 heteroatoms. The number of likely N-dealkylation sites (tertiary alicyclic amines) is 2. The van der Waals surface area contributed by atoms with Crippen molar-refractivity contribution in [2.24, 2.45) is 0 Å². The second-order valence-electron chi connectivity index (χ2n) is 9.01. The highest BCUT2D eigenvalue weighted by molar-refractivity contribution is 5.83. The van der Waals surface area contributed by atoms with Crippen LogP contribution in [-0.2, 0) is 22.7 Å². The zero-order valence-corrected chi connectivity index (χ0v) is 19.1. The molecule has 0 N–H and O–H groups in total. The van der Waals surface area contributed by atoms with Crippen molar-refractivity contribution in [2.45, 2.75) is 44.7 Å². The minimum atomic E-state index is -0.0303. The number of para-hydroxylation sites is 2. The first-order valence-corrected chi connectivity index (χ1v) is 11.8. The average molecular weight is 447 g/mol. The van der Waals surface area contributed by atoms with Gasteiger partial charge in [-0.15, -0.1) is 0 Å². The lowest BCUT2D eigenvalue weighted by Gasteiger charge is -2.27. The molecule has 1 atom stereocenters. The van der Waals surface area contributed by atoms with E-state index in [4.69, 9.17) is 9.72 Å². The molecular formula is C26H30N4O3. The Hall–Kier alpha value is -3.35. The van der Waals surface area contributed by atoms with E-state index in [1.807, 2.05) is 62.9 Å². The molecule has 33 heavy (non-hydrogen) atoms. The summed E-state index contributed by atoms with van der Waals surface area (Å²) in [5, 5.41) is 0. The van der Waals surface area contributed by atoms with E-state index in [1.54, 1.807) is 7.11 Å². The van der Waals surface area contributed by atoms with Gasteiger partial charge in [0.2, 0.25) is 11.8 Å². The second kappa shape index (κ2) is 9.25. The fraction of sp³-hybridized carbons (Fsp3) is 0.423. The van der Waals surface area contributed by atoms with Crippen molar-refractivity contribution in [2.75, 3.05) is 26.7 Å². The molecule has 2 aliphatic heterocycles. The molecule has 0 aliphatic carbocycles. The zero-order valence-electron chi connectivity index (χ0n) is 19.1. The van der Waals surface area contributed by atoms with Crippen LogP contribution in [0.4, 0.5) is 0 Å². The van der Waals surface area contributed by atoms with Crippen molar-refractivity contribution >= 4 is 22.8 Å². The fourth-order valence-electron chi connectivity index (χ4n) is 5.00. The minimum absolute atomic E-state index is 0.0303. The summed E-state index contributed by atoms with van der Waals surface area (Å²) in [5.74, 6) is 1.87. The highest BCUT2D eigenvalue weighted by Gasteiger charge is 2.34. The van der Waals surface area contributed by atoms with Crippen LogP contribution in [0, 0.1) is 0 Å². The molecule has 1 unspecified atom stereocenters. The maximum atomic E-state index is 13.1. The van der Waals surface area contributed by atoms with Crippen LogP contribution in [0.2, 0.25) is 0 Å². The largest absolute Gasteiger partial charge is 0.497 e. The van der Waals surface area contributed by atoms with Crippen molar-refractivity contribution in [1.29, 1.82) is 0 Å². The van der Waals surface area contributed by atoms with Crippen LogP contribution in [-0.4, -0.2) is 57.9 Å². The number of ether oxygens (including phenoxy) is 1. The lowest BCUT2D eigenvalue weighted by molar-refractivity contribution is -0.132. The second-order valence-corrected chi connectivity index (χ2v) is 9.01. The van der Waals surface area contributed by atoms with E-state index < -0.39 is 0 Å². The molecular weight excluding hydrogens is 416 g/mol. The number of hydrogen-bond acceptors (Lipinski definition) is 4. The first-order valence-electron chi connectivity index (χ1n) is 11.8. The minimum Gasteiger partial charge on any atom is -0.497 e. The number of hydrogen-bond donors (Lipinski definition) is 0. The molecule has 3 heterocycles. The third-order valence-corrected chi connectivity index (χ3v) is 6.80. The highest BCUT2D eigenvalue weighted by atomic mass is 16.5. The molecule has 5 rings (SSSR count). The number of benzene rings is 2. The van der Waals surface area contributed by atoms with Gasteiger partial charge in [0.25, 0.3) is 0 Å². The van der Waals surface area contributed by atoms with E-state index >= 15 is 0 Å². The Balaban J connectivity index is 1.38. The summed E-state index contributed by atoms with van der Waals surface area (Å²) >= 11 is 0. The normalized spacial score (nSPS) is 18.8. The summed E-state index contributed by atoms with van der Waals surface area (Å²) in [6.45, 7) is 3.11. The molecule has 0 bridgehead atoms. The fourth-order valence-corrected chi connectivity index (χ4v) is 5.00. The molecule has 0 spiro atoms. The van der Waals surface area contributed by atoms with E-state index in [0.717, 1.165) is 54.1 Å². The van der Waals surface area contributed by atoms with Gasteiger partial charge in [0, 0.05) is 38.5 Å². The van der Waals surface area contributed by atoms with Crippen LogP contribution in [0.5, 0.6) is 5.75 Å². The summed E-state index contributed by atoms with van der Waals surface area (Å²) in [6.07, 6.45) is 3.75. The Labute approximate surface area is 193 Å². The summed E-state index contributed by atoms with van der Waals surface area (Å²) in [6, 6.07) is 15.8. The Morgan fingerprint density at radius 1 is 1.06 bits per heavy atom. The Bertz CT molecular complexity index is 1150. The molecule has 2 aliphatic rings. The Morgan fingerprint density at radius 3 is 2.58 bits per heavy atom. The number of aromatic nitrogens is 2. The lowest BCUT2D eigenvalue weighted by atomic mass is 10.1. The van der Waals surface area contributed by atoms with Crippen LogP contribution in [0.15, 0.2) is 48.5 Å². The van der Waals surface area contributed by atoms with Gasteiger partial charge in [-0.3, -0.25) is 9.59 Å². The van der Waals surface area contributed by atoms with Crippen molar-refractivity contribution < 1.29 is 14.3 Å². The quantitative estimate of drug-likeness (QED) is 0.581. The molecule has 2 saturated heterocycles. The van der Waals surface area contributed by atoms with Crippen molar-refractivity contribution in [3.63, 3.8) is 0 Å². The van der Waals surface area contributed by atoms with Crippen LogP contribution >= 0.6 is 0 Å². The summed E-state index contributed by atoms with van der Waals surface area (Å²) in [4.78, 5) is 34.7. The highest BCUT2D eigenvalue weighted by Crippen LogP contribution is 2.31. The van der Waals surface area contributed by atoms with Crippen molar-refractivity contribution in [3.05, 3.63) is 59.9 Å². The van der Waals surface area contributed by atoms with Gasteiger partial charge in [-0.25, -0.2) is 4.98 Å². The van der Waals surface area contributed by atoms with E-state index in [0.29, 0.717) is 19.5 Å². The number of carbonyl (C=O) groups is 2. The molecule has 2 aromatic carbocycles. The monoisotopic (exact) mass is 446 g/mol. The molecule has 1 aromatic heterocycles. The molecule has 0 radical (unpaired) electrons. The van der Waals surface area contributed by atoms with Crippen molar-refractivity contribution in [3.8, 4) is 5.75 Å². The lowest BCUT2D eigenvalue weighted by Crippen LogP contribution is -2.38. The number of methoxy groups -OCH3 is 1. The van der Waals surface area contributed by atoms with Gasteiger partial charge in [0.1, 0.15) is 18.1 Å². The third kappa shape index (κ3) is 4.45. The van der Waals surface area contributed by atoms with Gasteiger partial charge in [0.15, 0.2) is 0 Å². The van der Waals surface area contributed by atoms with Crippen molar-refractivity contribution in [1.82, 2.24) is 19.4 Å². The third-order valence-electron chi connectivity index (χ3n) is 6.80. The molecule has 172 valence electrons. The number of amides is 2. The standard InChI is InChI=1S/C26H30N4O3/c1-33-21-11-9-19(10-12-21)16-29-17-20(15-24(29)31)26-27-22-7-3-4-8-23(22)30(26)18-25(32)28-13-5-2-6-14-28/h3-4,7-12,20H,2,5-6,13-18H2,1H3. The maximum absolute atomic E-state index is 13.1. The number of piperidine rings is 1. The smallest absolute Gasteiger partial charge is 0.242 e. The zero-order chi connectivity index (χ0) is 22.8. The van der Waals surface area contributed by atoms with E-state index in [9.17, 15) is 9.59 Å². The van der Waals surface area contributed by atoms with Gasteiger partial charge >= 0.3 is 0 Å². The summed E-state index contributed by atoms with van der Waals surface area (Å²) in [7, 11) is 1.64. The maximum Gasteiger partial charge on any atom is 0.242 e. The molecule has 2 fully saturated rings. The average Bonchev–Trinajstić information content (AvgIpc) is 3.40. The number of rotatable bonds is 6. The molecule has 2 amide bonds. The number of fused-ring (bicyclic) bond motifs is 1. The predicted molar refractivity (Wildman–Crippen MR) is 126 cm³/mol. The topological polar surface area (TPSA) is 67.7 Å². The van der Waals surface area contributed by atoms with Crippen LogP contribution in [0.3, 0.4) is 0 Å². The summed E-state index contributed by atoms with van der Waals surface area (Å²) < 4.78 is 7.27. The van der Waals surface area contributed by atoms with E-state index in [2.05, 4.69) is 0 Å². The Morgan fingerprint density at radius 2 is 1.82 bits per heavy atom. The number of nitrogens with zero attached hydrogens (tertiary/aromatic N) is 4. The molecule has 7 nitrogen and oxygen atoms in total. The van der Waals surface area contributed by atoms with Gasteiger partial charge in [-0.1, -0.05) is 24.3 Å². The Kier molecular flexibility index (Phi) is 6.03. The van der Waals surface area contributed by atoms with Gasteiger partial charge < -0.3 is 19.1 Å². The van der Waals surface area contributed by atoms with Gasteiger partial charge in [-0.05, 0) is 49.1 Å². The predicted octanol–water partition coefficient (Wildman–Crippen LogP) is 3.57. The summed E-state index contributed by atoms with van der Waals surface area (Å²) in [5.41, 5.74) is 2.90. The first kappa shape index (κ1) is 21.5. The van der Waals surface area contributed by atoms with Crippen LogP contribution < -0.4 is 4.74 Å². The number of carbonyl (C=O) groups excluding carboxylic acids is 2. The van der Waals surface area contributed by atoms with Crippen LogP contribution in [0.25, 0.3) is 11.0 Å². The first-order chi connectivity index (χ1) is 16.1. The SMILES string of the molecule is COc1ccc(CN2CC(c3nc4ccccc4n3CC(=O)N3CCCCC3)CC2=O)cc1. The van der Waals surface area contributed by atoms with Gasteiger partial charge in [-0.2, -0.15) is 0 Å². The van der Waals surface area contributed by atoms with Gasteiger partial charge in [0.05, 0.1) is 18.1 Å². The number of imidazole rings is 1. The van der Waals surface area contributed by atoms with Crippen LogP contribution in [0.1, 0.15) is 43.0 Å². The molecule has 0 saturated carbocycles. The van der Waals surface area contributed by atoms with E-state index in [-0.39, 0.29) is 24.3 Å². The molecule has 3 aromatic rings.